The highest BCUT2D eigenvalue weighted by Gasteiger charge is 2.34. The van der Waals surface area contributed by atoms with Gasteiger partial charge in [-0.25, -0.2) is 0 Å². The van der Waals surface area contributed by atoms with Crippen molar-refractivity contribution in [2.24, 2.45) is 5.92 Å². The number of nitrogens with zero attached hydrogens (tertiary/aromatic N) is 2. The summed E-state index contributed by atoms with van der Waals surface area (Å²) in [4.78, 5) is 1.57. The molecule has 0 spiro atoms. The standard InChI is InChI=1S/C13H14BrF3N2/c1-3-19(8-9(2)7-18)12-6-10(14)4-5-11(12)13(15,16)17/h4-6,9H,3,8H2,1-2H3. The van der Waals surface area contributed by atoms with Crippen LogP contribution in [0.2, 0.25) is 0 Å². The van der Waals surface area contributed by atoms with E-state index in [1.165, 1.54) is 12.1 Å². The molecule has 0 aliphatic rings. The monoisotopic (exact) mass is 334 g/mol. The summed E-state index contributed by atoms with van der Waals surface area (Å²) in [6, 6.07) is 5.90. The van der Waals surface area contributed by atoms with Gasteiger partial charge in [0.1, 0.15) is 0 Å². The lowest BCUT2D eigenvalue weighted by Gasteiger charge is -2.27. The number of benzene rings is 1. The summed E-state index contributed by atoms with van der Waals surface area (Å²) in [5, 5.41) is 8.80. The first-order valence-electron chi connectivity index (χ1n) is 5.81. The number of halogens is 4. The van der Waals surface area contributed by atoms with Gasteiger partial charge in [-0.05, 0) is 32.0 Å². The van der Waals surface area contributed by atoms with E-state index in [0.29, 0.717) is 11.0 Å². The Bertz CT molecular complexity index is 480. The van der Waals surface area contributed by atoms with Crippen LogP contribution in [0.4, 0.5) is 18.9 Å². The third-order valence-corrected chi connectivity index (χ3v) is 3.20. The highest BCUT2D eigenvalue weighted by Crippen LogP contribution is 2.38. The molecule has 104 valence electrons. The number of rotatable bonds is 4. The number of hydrogen-bond acceptors (Lipinski definition) is 2. The number of anilines is 1. The van der Waals surface area contributed by atoms with E-state index in [2.05, 4.69) is 15.9 Å². The molecule has 2 nitrogen and oxygen atoms in total. The predicted molar refractivity (Wildman–Crippen MR) is 71.8 cm³/mol. The smallest absolute Gasteiger partial charge is 0.370 e. The van der Waals surface area contributed by atoms with E-state index < -0.39 is 11.7 Å². The molecule has 0 bridgehead atoms. The Hall–Kier alpha value is -1.22. The molecule has 0 aliphatic carbocycles. The lowest BCUT2D eigenvalue weighted by Crippen LogP contribution is -2.29. The van der Waals surface area contributed by atoms with E-state index in [-0.39, 0.29) is 18.2 Å². The van der Waals surface area contributed by atoms with Crippen LogP contribution in [-0.2, 0) is 6.18 Å². The molecular weight excluding hydrogens is 321 g/mol. The first kappa shape index (κ1) is 15.8. The average molecular weight is 335 g/mol. The molecule has 0 N–H and O–H groups in total. The predicted octanol–water partition coefficient (Wildman–Crippen LogP) is 4.45. The van der Waals surface area contributed by atoms with E-state index in [9.17, 15) is 13.2 Å². The molecule has 19 heavy (non-hydrogen) atoms. The van der Waals surface area contributed by atoms with Crippen molar-refractivity contribution in [1.29, 1.82) is 5.26 Å². The van der Waals surface area contributed by atoms with Gasteiger partial charge < -0.3 is 4.90 Å². The van der Waals surface area contributed by atoms with Crippen LogP contribution >= 0.6 is 15.9 Å². The molecule has 1 unspecified atom stereocenters. The highest BCUT2D eigenvalue weighted by atomic mass is 79.9. The van der Waals surface area contributed by atoms with Crippen molar-refractivity contribution in [2.75, 3.05) is 18.0 Å². The van der Waals surface area contributed by atoms with Gasteiger partial charge in [0.05, 0.1) is 23.2 Å². The zero-order chi connectivity index (χ0) is 14.6. The third-order valence-electron chi connectivity index (χ3n) is 2.70. The zero-order valence-corrected chi connectivity index (χ0v) is 12.2. The maximum absolute atomic E-state index is 13.0. The summed E-state index contributed by atoms with van der Waals surface area (Å²) in [5.74, 6) is -0.333. The van der Waals surface area contributed by atoms with E-state index in [4.69, 9.17) is 5.26 Å². The van der Waals surface area contributed by atoms with Crippen LogP contribution in [0.25, 0.3) is 0 Å². The second-order valence-electron chi connectivity index (χ2n) is 4.23. The molecular formula is C13H14BrF3N2. The zero-order valence-electron chi connectivity index (χ0n) is 10.6. The van der Waals surface area contributed by atoms with Gasteiger partial charge in [0.15, 0.2) is 0 Å². The summed E-state index contributed by atoms with van der Waals surface area (Å²) in [5.41, 5.74) is -0.575. The molecule has 1 rings (SSSR count). The van der Waals surface area contributed by atoms with E-state index in [0.717, 1.165) is 6.07 Å². The van der Waals surface area contributed by atoms with Crippen LogP contribution in [0.1, 0.15) is 19.4 Å². The summed E-state index contributed by atoms with van der Waals surface area (Å²) in [6.07, 6.45) is -4.40. The minimum atomic E-state index is -4.40. The van der Waals surface area contributed by atoms with Crippen LogP contribution < -0.4 is 4.90 Å². The molecule has 0 aromatic heterocycles. The number of hydrogen-bond donors (Lipinski definition) is 0. The topological polar surface area (TPSA) is 27.0 Å². The Morgan fingerprint density at radius 2 is 2.05 bits per heavy atom. The van der Waals surface area contributed by atoms with Gasteiger partial charge in [0.2, 0.25) is 0 Å². The van der Waals surface area contributed by atoms with Crippen LogP contribution in [0.3, 0.4) is 0 Å². The van der Waals surface area contributed by atoms with E-state index in [1.54, 1.807) is 18.7 Å². The minimum absolute atomic E-state index is 0.103. The van der Waals surface area contributed by atoms with Crippen molar-refractivity contribution in [2.45, 2.75) is 20.0 Å². The Morgan fingerprint density at radius 1 is 1.42 bits per heavy atom. The van der Waals surface area contributed by atoms with Crippen molar-refractivity contribution in [3.8, 4) is 6.07 Å². The highest BCUT2D eigenvalue weighted by molar-refractivity contribution is 9.10. The van der Waals surface area contributed by atoms with E-state index >= 15 is 0 Å². The molecule has 1 atom stereocenters. The van der Waals surface area contributed by atoms with Gasteiger partial charge in [-0.2, -0.15) is 18.4 Å². The summed E-state index contributed by atoms with van der Waals surface area (Å²) in [7, 11) is 0. The van der Waals surface area contributed by atoms with Crippen molar-refractivity contribution in [3.63, 3.8) is 0 Å². The van der Waals surface area contributed by atoms with Crippen LogP contribution in [0.5, 0.6) is 0 Å². The summed E-state index contributed by atoms with van der Waals surface area (Å²) in [6.45, 7) is 4.14. The van der Waals surface area contributed by atoms with E-state index in [1.807, 2.05) is 6.07 Å². The Morgan fingerprint density at radius 3 is 2.53 bits per heavy atom. The van der Waals surface area contributed by atoms with Crippen LogP contribution in [0.15, 0.2) is 22.7 Å². The Balaban J connectivity index is 3.22. The van der Waals surface area contributed by atoms with Gasteiger partial charge in [-0.1, -0.05) is 15.9 Å². The lowest BCUT2D eigenvalue weighted by atomic mass is 10.1. The molecule has 6 heteroatoms. The van der Waals surface area contributed by atoms with Crippen molar-refractivity contribution >= 4 is 21.6 Å². The first-order chi connectivity index (χ1) is 8.79. The van der Waals surface area contributed by atoms with Crippen molar-refractivity contribution in [1.82, 2.24) is 0 Å². The number of alkyl halides is 3. The molecule has 0 saturated heterocycles. The third kappa shape index (κ3) is 4.13. The van der Waals surface area contributed by atoms with Gasteiger partial charge in [0.25, 0.3) is 0 Å². The van der Waals surface area contributed by atoms with Gasteiger partial charge >= 0.3 is 6.18 Å². The molecule has 0 fully saturated rings. The molecule has 1 aromatic carbocycles. The SMILES string of the molecule is CCN(CC(C)C#N)c1cc(Br)ccc1C(F)(F)F. The number of nitriles is 1. The Labute approximate surface area is 119 Å². The second-order valence-corrected chi connectivity index (χ2v) is 5.14. The largest absolute Gasteiger partial charge is 0.418 e. The maximum atomic E-state index is 13.0. The van der Waals surface area contributed by atoms with Gasteiger partial charge in [-0.3, -0.25) is 0 Å². The van der Waals surface area contributed by atoms with Gasteiger partial charge in [0, 0.05) is 17.6 Å². The molecule has 0 saturated carbocycles. The summed E-state index contributed by atoms with van der Waals surface area (Å²) >= 11 is 3.18. The fraction of sp³-hybridized carbons (Fsp3) is 0.462. The molecule has 1 aromatic rings. The quantitative estimate of drug-likeness (QED) is 0.813. The second kappa shape index (κ2) is 6.29. The van der Waals surface area contributed by atoms with Crippen molar-refractivity contribution in [3.05, 3.63) is 28.2 Å². The van der Waals surface area contributed by atoms with Crippen molar-refractivity contribution < 1.29 is 13.2 Å². The maximum Gasteiger partial charge on any atom is 0.418 e. The fourth-order valence-electron chi connectivity index (χ4n) is 1.78. The lowest BCUT2D eigenvalue weighted by molar-refractivity contribution is -0.137. The first-order valence-corrected chi connectivity index (χ1v) is 6.60. The molecule has 0 amide bonds. The molecule has 0 radical (unpaired) electrons. The molecule has 0 heterocycles. The summed E-state index contributed by atoms with van der Waals surface area (Å²) < 4.78 is 39.5. The fourth-order valence-corrected chi connectivity index (χ4v) is 2.12. The average Bonchev–Trinajstić information content (AvgIpc) is 2.33. The Kier molecular flexibility index (Phi) is 5.24. The van der Waals surface area contributed by atoms with Crippen LogP contribution in [-0.4, -0.2) is 13.1 Å². The molecule has 0 aliphatic heterocycles. The van der Waals surface area contributed by atoms with Gasteiger partial charge in [-0.15, -0.1) is 0 Å². The normalized spacial score (nSPS) is 12.9. The van der Waals surface area contributed by atoms with Crippen LogP contribution in [0, 0.1) is 17.2 Å². The minimum Gasteiger partial charge on any atom is -0.370 e.